The fourth-order valence-electron chi connectivity index (χ4n) is 3.19. The van der Waals surface area contributed by atoms with Crippen LogP contribution in [0.1, 0.15) is 72.6 Å². The van der Waals surface area contributed by atoms with Gasteiger partial charge in [-0.05, 0) is 86.3 Å². The molecule has 0 N–H and O–H groups in total. The minimum absolute atomic E-state index is 0.00814. The molecule has 0 saturated carbocycles. The summed E-state index contributed by atoms with van der Waals surface area (Å²) in [6, 6.07) is 0. The van der Waals surface area contributed by atoms with E-state index in [1.54, 1.807) is 0 Å². The van der Waals surface area contributed by atoms with Gasteiger partial charge < -0.3 is 24.2 Å². The fraction of sp³-hybridized carbons (Fsp3) is 0.917. The summed E-state index contributed by atoms with van der Waals surface area (Å²) in [4.78, 5) is 30.4. The molecule has 0 aromatic heterocycles. The van der Waals surface area contributed by atoms with Crippen LogP contribution in [0.3, 0.4) is 0 Å². The summed E-state index contributed by atoms with van der Waals surface area (Å²) in [5.41, 5.74) is 0. The molecule has 0 spiro atoms. The molecule has 0 heterocycles. The third-order valence-corrected chi connectivity index (χ3v) is 5.67. The molecule has 0 aliphatic heterocycles. The van der Waals surface area contributed by atoms with E-state index in [9.17, 15) is 9.59 Å². The van der Waals surface area contributed by atoms with Crippen molar-refractivity contribution in [2.75, 3.05) is 60.4 Å². The highest BCUT2D eigenvalue weighted by Crippen LogP contribution is 2.05. The third-order valence-electron chi connectivity index (χ3n) is 5.67. The summed E-state index contributed by atoms with van der Waals surface area (Å²) in [6.07, 6.45) is 5.74. The first-order valence-electron chi connectivity index (χ1n) is 12.2. The summed E-state index contributed by atoms with van der Waals surface area (Å²) < 4.78 is 10.8. The van der Waals surface area contributed by atoms with Gasteiger partial charge in [0, 0.05) is 13.1 Å². The van der Waals surface area contributed by atoms with E-state index in [4.69, 9.17) is 9.47 Å². The molecular formula is C24H49N3O4. The van der Waals surface area contributed by atoms with Crippen LogP contribution in [-0.4, -0.2) is 99.3 Å². The molecule has 0 amide bonds. The molecule has 31 heavy (non-hydrogen) atoms. The van der Waals surface area contributed by atoms with Crippen LogP contribution in [0.5, 0.6) is 0 Å². The fourth-order valence-corrected chi connectivity index (χ4v) is 3.19. The van der Waals surface area contributed by atoms with Crippen LogP contribution in [0.2, 0.25) is 0 Å². The maximum absolute atomic E-state index is 11.9. The SMILES string of the molecule is CCC(C)OC(=O)CCN(C)CCCN(C)CCCN(C)CCC(=O)OC(CC)CC. The average Bonchev–Trinajstić information content (AvgIpc) is 2.74. The summed E-state index contributed by atoms with van der Waals surface area (Å²) in [5, 5.41) is 0. The van der Waals surface area contributed by atoms with Gasteiger partial charge in [-0.1, -0.05) is 20.8 Å². The van der Waals surface area contributed by atoms with E-state index in [-0.39, 0.29) is 24.1 Å². The number of esters is 2. The van der Waals surface area contributed by atoms with Gasteiger partial charge in [-0.15, -0.1) is 0 Å². The van der Waals surface area contributed by atoms with Gasteiger partial charge in [-0.3, -0.25) is 9.59 Å². The predicted molar refractivity (Wildman–Crippen MR) is 127 cm³/mol. The van der Waals surface area contributed by atoms with Gasteiger partial charge >= 0.3 is 11.9 Å². The molecule has 0 saturated heterocycles. The largest absolute Gasteiger partial charge is 0.463 e. The number of carbonyl (C=O) groups is 2. The molecule has 1 atom stereocenters. The van der Waals surface area contributed by atoms with E-state index in [1.807, 2.05) is 27.7 Å². The van der Waals surface area contributed by atoms with Crippen LogP contribution in [-0.2, 0) is 19.1 Å². The first-order valence-corrected chi connectivity index (χ1v) is 12.2. The van der Waals surface area contributed by atoms with E-state index < -0.39 is 0 Å². The Labute approximate surface area is 191 Å². The molecule has 7 heteroatoms. The van der Waals surface area contributed by atoms with Gasteiger partial charge in [0.2, 0.25) is 0 Å². The Hall–Kier alpha value is -1.18. The zero-order valence-electron chi connectivity index (χ0n) is 21.3. The van der Waals surface area contributed by atoms with E-state index in [2.05, 4.69) is 35.8 Å². The highest BCUT2D eigenvalue weighted by molar-refractivity contribution is 5.70. The molecule has 0 rings (SSSR count). The molecule has 1 unspecified atom stereocenters. The minimum atomic E-state index is -0.105. The Bertz CT molecular complexity index is 472. The monoisotopic (exact) mass is 443 g/mol. The average molecular weight is 444 g/mol. The van der Waals surface area contributed by atoms with Crippen molar-refractivity contribution in [3.63, 3.8) is 0 Å². The molecule has 0 aliphatic carbocycles. The van der Waals surface area contributed by atoms with Crippen molar-refractivity contribution in [3.05, 3.63) is 0 Å². The quantitative estimate of drug-likeness (QED) is 0.284. The molecule has 7 nitrogen and oxygen atoms in total. The number of ether oxygens (including phenoxy) is 2. The normalized spacial score (nSPS) is 12.7. The second-order valence-electron chi connectivity index (χ2n) is 8.75. The zero-order chi connectivity index (χ0) is 23.6. The smallest absolute Gasteiger partial charge is 0.307 e. The first-order chi connectivity index (χ1) is 14.7. The van der Waals surface area contributed by atoms with E-state index >= 15 is 0 Å². The lowest BCUT2D eigenvalue weighted by Gasteiger charge is -2.22. The van der Waals surface area contributed by atoms with Crippen molar-refractivity contribution >= 4 is 11.9 Å². The molecule has 0 aromatic carbocycles. The predicted octanol–water partition coefficient (Wildman–Crippen LogP) is 3.42. The second-order valence-corrected chi connectivity index (χ2v) is 8.75. The number of hydrogen-bond acceptors (Lipinski definition) is 7. The van der Waals surface area contributed by atoms with Crippen LogP contribution >= 0.6 is 0 Å². The molecule has 0 fully saturated rings. The van der Waals surface area contributed by atoms with Gasteiger partial charge in [0.05, 0.1) is 18.9 Å². The Morgan fingerprint density at radius 3 is 1.42 bits per heavy atom. The van der Waals surface area contributed by atoms with Gasteiger partial charge in [0.1, 0.15) is 6.10 Å². The number of hydrogen-bond donors (Lipinski definition) is 0. The second kappa shape index (κ2) is 18.4. The van der Waals surface area contributed by atoms with Gasteiger partial charge in [0.15, 0.2) is 0 Å². The van der Waals surface area contributed by atoms with Crippen LogP contribution in [0, 0.1) is 0 Å². The highest BCUT2D eigenvalue weighted by Gasteiger charge is 2.12. The molecule has 0 bridgehead atoms. The molecule has 0 aliphatic rings. The molecule has 0 radical (unpaired) electrons. The Balaban J connectivity index is 3.77. The van der Waals surface area contributed by atoms with Crippen molar-refractivity contribution in [2.45, 2.75) is 84.8 Å². The van der Waals surface area contributed by atoms with Crippen LogP contribution < -0.4 is 0 Å². The van der Waals surface area contributed by atoms with Crippen LogP contribution in [0.15, 0.2) is 0 Å². The Kier molecular flexibility index (Phi) is 17.7. The maximum atomic E-state index is 11.9. The van der Waals surface area contributed by atoms with Crippen molar-refractivity contribution in [1.29, 1.82) is 0 Å². The lowest BCUT2D eigenvalue weighted by atomic mass is 10.2. The van der Waals surface area contributed by atoms with Gasteiger partial charge in [-0.2, -0.15) is 0 Å². The van der Waals surface area contributed by atoms with Crippen molar-refractivity contribution in [3.8, 4) is 0 Å². The van der Waals surface area contributed by atoms with E-state index in [1.165, 1.54) is 0 Å². The molecular weight excluding hydrogens is 394 g/mol. The third kappa shape index (κ3) is 17.1. The van der Waals surface area contributed by atoms with Gasteiger partial charge in [-0.25, -0.2) is 0 Å². The van der Waals surface area contributed by atoms with Gasteiger partial charge in [0.25, 0.3) is 0 Å². The van der Waals surface area contributed by atoms with Crippen molar-refractivity contribution < 1.29 is 19.1 Å². The Morgan fingerprint density at radius 1 is 0.645 bits per heavy atom. The number of carbonyl (C=O) groups excluding carboxylic acids is 2. The van der Waals surface area contributed by atoms with E-state index in [0.717, 1.165) is 71.4 Å². The summed E-state index contributed by atoms with van der Waals surface area (Å²) in [5.74, 6) is -0.193. The Morgan fingerprint density at radius 2 is 1.03 bits per heavy atom. The molecule has 184 valence electrons. The number of rotatable bonds is 19. The number of nitrogens with zero attached hydrogens (tertiary/aromatic N) is 3. The molecule has 0 aromatic rings. The summed E-state index contributed by atoms with van der Waals surface area (Å²) in [7, 11) is 6.27. The van der Waals surface area contributed by atoms with Crippen molar-refractivity contribution in [1.82, 2.24) is 14.7 Å². The zero-order valence-corrected chi connectivity index (χ0v) is 21.3. The summed E-state index contributed by atoms with van der Waals surface area (Å²) >= 11 is 0. The lowest BCUT2D eigenvalue weighted by molar-refractivity contribution is -0.150. The lowest BCUT2D eigenvalue weighted by Crippen LogP contribution is -2.30. The van der Waals surface area contributed by atoms with E-state index in [0.29, 0.717) is 12.8 Å². The van der Waals surface area contributed by atoms with Crippen LogP contribution in [0.4, 0.5) is 0 Å². The topological polar surface area (TPSA) is 62.3 Å². The van der Waals surface area contributed by atoms with Crippen molar-refractivity contribution in [2.24, 2.45) is 0 Å². The highest BCUT2D eigenvalue weighted by atomic mass is 16.5. The van der Waals surface area contributed by atoms with Crippen LogP contribution in [0.25, 0.3) is 0 Å². The standard InChI is InChI=1S/C24H49N3O4/c1-8-21(4)30-23(28)13-19-26(6)17-11-15-25(5)16-12-18-27(7)20-14-24(29)31-22(9-2)10-3/h21-22H,8-20H2,1-7H3. The maximum Gasteiger partial charge on any atom is 0.307 e. The minimum Gasteiger partial charge on any atom is -0.463 e. The summed E-state index contributed by atoms with van der Waals surface area (Å²) in [6.45, 7) is 13.5. The first kappa shape index (κ1) is 29.8.